The zero-order valence-corrected chi connectivity index (χ0v) is 15.8. The maximum Gasteiger partial charge on any atom is 0.273 e. The summed E-state index contributed by atoms with van der Waals surface area (Å²) < 4.78 is 0. The van der Waals surface area contributed by atoms with E-state index >= 15 is 0 Å². The van der Waals surface area contributed by atoms with Crippen molar-refractivity contribution >= 4 is 11.6 Å². The van der Waals surface area contributed by atoms with Crippen LogP contribution in [0.5, 0.6) is 0 Å². The summed E-state index contributed by atoms with van der Waals surface area (Å²) in [5.41, 5.74) is 3.49. The van der Waals surface area contributed by atoms with Crippen LogP contribution in [0.4, 0.5) is 5.69 Å². The number of amides is 1. The van der Waals surface area contributed by atoms with Crippen LogP contribution in [-0.2, 0) is 13.0 Å². The summed E-state index contributed by atoms with van der Waals surface area (Å²) in [6.07, 6.45) is 1.95. The fraction of sp³-hybridized carbons (Fsp3) is 0.381. The highest BCUT2D eigenvalue weighted by Gasteiger charge is 2.24. The van der Waals surface area contributed by atoms with Crippen molar-refractivity contribution in [3.8, 4) is 0 Å². The van der Waals surface area contributed by atoms with E-state index in [2.05, 4.69) is 41.4 Å². The lowest BCUT2D eigenvalue weighted by Gasteiger charge is -2.35. The van der Waals surface area contributed by atoms with Crippen LogP contribution >= 0.6 is 0 Å². The fourth-order valence-electron chi connectivity index (χ4n) is 3.73. The van der Waals surface area contributed by atoms with Gasteiger partial charge >= 0.3 is 0 Å². The molecule has 1 N–H and O–H groups in total. The average molecular weight is 367 g/mol. The first kappa shape index (κ1) is 19.0. The molecule has 6 heteroatoms. The molecule has 0 fully saturated rings. The molecule has 0 unspecified atom stereocenters. The van der Waals surface area contributed by atoms with E-state index in [4.69, 9.17) is 0 Å². The van der Waals surface area contributed by atoms with E-state index in [1.165, 1.54) is 17.2 Å². The van der Waals surface area contributed by atoms with Crippen molar-refractivity contribution in [1.29, 1.82) is 0 Å². The summed E-state index contributed by atoms with van der Waals surface area (Å²) >= 11 is 0. The number of fused-ring (bicyclic) bond motifs is 1. The van der Waals surface area contributed by atoms with E-state index in [0.29, 0.717) is 17.7 Å². The SMILES string of the molecule is CC[C@H](CNC(=O)c1cccc([N+](=O)[O-])c1C)N1CCc2ccccc2C1. The molecule has 0 spiro atoms. The van der Waals surface area contributed by atoms with E-state index in [9.17, 15) is 14.9 Å². The van der Waals surface area contributed by atoms with Crippen molar-refractivity contribution in [2.24, 2.45) is 0 Å². The van der Waals surface area contributed by atoms with E-state index < -0.39 is 4.92 Å². The van der Waals surface area contributed by atoms with Crippen LogP contribution in [0, 0.1) is 17.0 Å². The molecular formula is C21H25N3O3. The van der Waals surface area contributed by atoms with Gasteiger partial charge in [-0.05, 0) is 37.0 Å². The van der Waals surface area contributed by atoms with Gasteiger partial charge in [-0.3, -0.25) is 19.8 Å². The van der Waals surface area contributed by atoms with Gasteiger partial charge in [-0.2, -0.15) is 0 Å². The lowest BCUT2D eigenvalue weighted by Crippen LogP contribution is -2.45. The highest BCUT2D eigenvalue weighted by molar-refractivity contribution is 5.96. The number of nitro benzene ring substituents is 1. The summed E-state index contributed by atoms with van der Waals surface area (Å²) in [5.74, 6) is -0.257. The molecule has 0 saturated heterocycles. The third kappa shape index (κ3) is 4.17. The number of carbonyl (C=O) groups is 1. The van der Waals surface area contributed by atoms with E-state index in [0.717, 1.165) is 25.9 Å². The Labute approximate surface area is 159 Å². The number of nitrogens with one attached hydrogen (secondary N) is 1. The first-order valence-electron chi connectivity index (χ1n) is 9.34. The number of nitrogens with zero attached hydrogens (tertiary/aromatic N) is 2. The highest BCUT2D eigenvalue weighted by Crippen LogP contribution is 2.22. The van der Waals surface area contributed by atoms with Crippen molar-refractivity contribution in [3.63, 3.8) is 0 Å². The van der Waals surface area contributed by atoms with Gasteiger partial charge in [0.2, 0.25) is 0 Å². The standard InChI is InChI=1S/C21H25N3O3/c1-3-18(23-12-11-16-7-4-5-8-17(16)14-23)13-22-21(25)19-9-6-10-20(15(19)2)24(26)27/h4-10,18H,3,11-14H2,1-2H3,(H,22,25)/t18-/m1/s1. The number of benzene rings is 2. The van der Waals surface area contributed by atoms with Crippen LogP contribution in [0.15, 0.2) is 42.5 Å². The minimum Gasteiger partial charge on any atom is -0.350 e. The Morgan fingerprint density at radius 2 is 1.96 bits per heavy atom. The number of rotatable bonds is 6. The van der Waals surface area contributed by atoms with Gasteiger partial charge in [0.15, 0.2) is 0 Å². The van der Waals surface area contributed by atoms with Crippen LogP contribution in [0.3, 0.4) is 0 Å². The zero-order chi connectivity index (χ0) is 19.4. The molecule has 1 aliphatic rings. The largest absolute Gasteiger partial charge is 0.350 e. The fourth-order valence-corrected chi connectivity index (χ4v) is 3.73. The van der Waals surface area contributed by atoms with Gasteiger partial charge in [0.05, 0.1) is 4.92 Å². The smallest absolute Gasteiger partial charge is 0.273 e. The maximum absolute atomic E-state index is 12.6. The third-order valence-corrected chi connectivity index (χ3v) is 5.39. The van der Waals surface area contributed by atoms with E-state index in [1.807, 2.05) is 0 Å². The van der Waals surface area contributed by atoms with Crippen molar-refractivity contribution in [1.82, 2.24) is 10.2 Å². The molecule has 3 rings (SSSR count). The molecule has 6 nitrogen and oxygen atoms in total. The van der Waals surface area contributed by atoms with E-state index in [-0.39, 0.29) is 17.6 Å². The summed E-state index contributed by atoms with van der Waals surface area (Å²) in [5, 5.41) is 14.1. The van der Waals surface area contributed by atoms with Gasteiger partial charge in [0.25, 0.3) is 11.6 Å². The molecule has 0 bridgehead atoms. The maximum atomic E-state index is 12.6. The van der Waals surface area contributed by atoms with Crippen molar-refractivity contribution in [2.45, 2.75) is 39.3 Å². The van der Waals surface area contributed by atoms with Gasteiger partial charge in [-0.15, -0.1) is 0 Å². The van der Waals surface area contributed by atoms with Gasteiger partial charge in [-0.25, -0.2) is 0 Å². The van der Waals surface area contributed by atoms with Crippen molar-refractivity contribution in [2.75, 3.05) is 13.1 Å². The molecule has 0 saturated carbocycles. The molecule has 0 aliphatic carbocycles. The van der Waals surface area contributed by atoms with E-state index in [1.54, 1.807) is 19.1 Å². The lowest BCUT2D eigenvalue weighted by atomic mass is 9.98. The highest BCUT2D eigenvalue weighted by atomic mass is 16.6. The van der Waals surface area contributed by atoms with Gasteiger partial charge in [0.1, 0.15) is 0 Å². The van der Waals surface area contributed by atoms with Gasteiger partial charge < -0.3 is 5.32 Å². The Morgan fingerprint density at radius 3 is 2.67 bits per heavy atom. The van der Waals surface area contributed by atoms with Crippen LogP contribution in [-0.4, -0.2) is 34.9 Å². The lowest BCUT2D eigenvalue weighted by molar-refractivity contribution is -0.385. The second kappa shape index (κ2) is 8.31. The molecule has 0 radical (unpaired) electrons. The molecule has 1 aliphatic heterocycles. The van der Waals surface area contributed by atoms with Crippen LogP contribution in [0.2, 0.25) is 0 Å². The first-order valence-corrected chi connectivity index (χ1v) is 9.34. The summed E-state index contributed by atoms with van der Waals surface area (Å²) in [7, 11) is 0. The average Bonchev–Trinajstić information content (AvgIpc) is 2.68. The molecule has 2 aromatic rings. The Bertz CT molecular complexity index is 850. The Balaban J connectivity index is 1.66. The van der Waals surface area contributed by atoms with Crippen molar-refractivity contribution < 1.29 is 9.72 Å². The van der Waals surface area contributed by atoms with Gasteiger partial charge in [-0.1, -0.05) is 37.3 Å². The predicted molar refractivity (Wildman–Crippen MR) is 105 cm³/mol. The predicted octanol–water partition coefficient (Wildman–Crippen LogP) is 3.47. The minimum absolute atomic E-state index is 0.0256. The molecule has 142 valence electrons. The van der Waals surface area contributed by atoms with Crippen LogP contribution < -0.4 is 5.32 Å². The number of hydrogen-bond acceptors (Lipinski definition) is 4. The first-order chi connectivity index (χ1) is 13.0. The summed E-state index contributed by atoms with van der Waals surface area (Å²) in [6.45, 7) is 6.13. The van der Waals surface area contributed by atoms with Gasteiger partial charge in [0, 0.05) is 42.9 Å². The second-order valence-electron chi connectivity index (χ2n) is 6.97. The topological polar surface area (TPSA) is 75.5 Å². The van der Waals surface area contributed by atoms with Crippen LogP contribution in [0.1, 0.15) is 40.4 Å². The Hall–Kier alpha value is -2.73. The summed E-state index contributed by atoms with van der Waals surface area (Å²) in [4.78, 5) is 25.6. The second-order valence-corrected chi connectivity index (χ2v) is 6.97. The minimum atomic E-state index is -0.452. The monoisotopic (exact) mass is 367 g/mol. The molecule has 1 heterocycles. The quantitative estimate of drug-likeness (QED) is 0.627. The summed E-state index contributed by atoms with van der Waals surface area (Å²) in [6, 6.07) is 13.3. The normalized spacial score (nSPS) is 15.0. The molecule has 1 amide bonds. The zero-order valence-electron chi connectivity index (χ0n) is 15.8. The Morgan fingerprint density at radius 1 is 1.22 bits per heavy atom. The number of hydrogen-bond donors (Lipinski definition) is 1. The molecule has 0 aromatic heterocycles. The number of carbonyl (C=O) groups excluding carboxylic acids is 1. The van der Waals surface area contributed by atoms with Crippen LogP contribution in [0.25, 0.3) is 0 Å². The Kier molecular flexibility index (Phi) is 5.86. The molecular weight excluding hydrogens is 342 g/mol. The molecule has 2 aromatic carbocycles. The molecule has 1 atom stereocenters. The number of nitro groups is 1. The molecule has 27 heavy (non-hydrogen) atoms. The third-order valence-electron chi connectivity index (χ3n) is 5.39. The van der Waals surface area contributed by atoms with Crippen molar-refractivity contribution in [3.05, 3.63) is 74.8 Å².